The Balaban J connectivity index is 2.92. The smallest absolute Gasteiger partial charge is 0.258 e. The van der Waals surface area contributed by atoms with Crippen LogP contribution in [0.1, 0.15) is 26.3 Å². The third kappa shape index (κ3) is 3.77. The molecule has 2 atom stereocenters. The molecule has 0 aromatic heterocycles. The molecule has 18 heavy (non-hydrogen) atoms. The first-order valence-electron chi connectivity index (χ1n) is 5.89. The van der Waals surface area contributed by atoms with Gasteiger partial charge in [-0.05, 0) is 29.9 Å². The standard InChI is InChI=1S/C13H17BrFNO2/c1-8(2)11(9(3)14)6-10-4-5-13(16(17)18)12(15)7-10/h4-5,7-9,11H,6H2,1-3H3. The first-order valence-corrected chi connectivity index (χ1v) is 6.81. The lowest BCUT2D eigenvalue weighted by Crippen LogP contribution is -2.20. The van der Waals surface area contributed by atoms with Crippen molar-refractivity contribution in [1.82, 2.24) is 0 Å². The number of alkyl halides is 1. The highest BCUT2D eigenvalue weighted by atomic mass is 79.9. The molecule has 0 saturated heterocycles. The first kappa shape index (κ1) is 15.1. The molecule has 0 spiro atoms. The predicted octanol–water partition coefficient (Wildman–Crippen LogP) is 4.33. The fraction of sp³-hybridized carbons (Fsp3) is 0.538. The molecule has 0 radical (unpaired) electrons. The van der Waals surface area contributed by atoms with Gasteiger partial charge in [-0.1, -0.05) is 42.8 Å². The van der Waals surface area contributed by atoms with Crippen LogP contribution < -0.4 is 0 Å². The molecule has 1 aromatic carbocycles. The van der Waals surface area contributed by atoms with Crippen LogP contribution in [-0.2, 0) is 6.42 Å². The summed E-state index contributed by atoms with van der Waals surface area (Å²) < 4.78 is 13.5. The number of hydrogen-bond donors (Lipinski definition) is 0. The molecule has 0 amide bonds. The van der Waals surface area contributed by atoms with Gasteiger partial charge in [-0.25, -0.2) is 0 Å². The van der Waals surface area contributed by atoms with E-state index in [1.54, 1.807) is 6.07 Å². The topological polar surface area (TPSA) is 43.1 Å². The molecule has 0 bridgehead atoms. The molecule has 0 saturated carbocycles. The van der Waals surface area contributed by atoms with Crippen LogP contribution in [0.2, 0.25) is 0 Å². The van der Waals surface area contributed by atoms with Crippen LogP contribution in [0, 0.1) is 27.8 Å². The second-order valence-electron chi connectivity index (χ2n) is 4.83. The zero-order valence-electron chi connectivity index (χ0n) is 10.7. The maximum absolute atomic E-state index is 13.5. The Labute approximate surface area is 115 Å². The van der Waals surface area contributed by atoms with Gasteiger partial charge in [0, 0.05) is 10.9 Å². The molecule has 1 aromatic rings. The molecule has 0 N–H and O–H groups in total. The number of benzene rings is 1. The molecular formula is C13H17BrFNO2. The van der Waals surface area contributed by atoms with Gasteiger partial charge < -0.3 is 0 Å². The SMILES string of the molecule is CC(C)C(Cc1ccc([N+](=O)[O-])c(F)c1)C(C)Br. The van der Waals surface area contributed by atoms with Crippen LogP contribution in [0.5, 0.6) is 0 Å². The summed E-state index contributed by atoms with van der Waals surface area (Å²) in [6.07, 6.45) is 0.707. The van der Waals surface area contributed by atoms with Crippen molar-refractivity contribution in [2.45, 2.75) is 32.0 Å². The Hall–Kier alpha value is -0.970. The summed E-state index contributed by atoms with van der Waals surface area (Å²) in [5.41, 5.74) is 0.329. The Morgan fingerprint density at radius 2 is 2.00 bits per heavy atom. The molecule has 0 aliphatic heterocycles. The number of rotatable bonds is 5. The minimum Gasteiger partial charge on any atom is -0.258 e. The summed E-state index contributed by atoms with van der Waals surface area (Å²) in [7, 11) is 0. The summed E-state index contributed by atoms with van der Waals surface area (Å²) in [5, 5.41) is 10.5. The number of nitro groups is 1. The maximum atomic E-state index is 13.5. The maximum Gasteiger partial charge on any atom is 0.304 e. The third-order valence-corrected chi connectivity index (χ3v) is 3.81. The second-order valence-corrected chi connectivity index (χ2v) is 6.28. The van der Waals surface area contributed by atoms with Gasteiger partial charge in [0.1, 0.15) is 0 Å². The van der Waals surface area contributed by atoms with Crippen molar-refractivity contribution in [3.05, 3.63) is 39.7 Å². The molecule has 3 nitrogen and oxygen atoms in total. The van der Waals surface area contributed by atoms with Crippen molar-refractivity contribution < 1.29 is 9.31 Å². The Kier molecular flexibility index (Phi) is 5.26. The number of nitrogens with zero attached hydrogens (tertiary/aromatic N) is 1. The summed E-state index contributed by atoms with van der Waals surface area (Å²) in [4.78, 5) is 10.1. The summed E-state index contributed by atoms with van der Waals surface area (Å²) in [6.45, 7) is 6.29. The first-order chi connectivity index (χ1) is 8.32. The third-order valence-electron chi connectivity index (χ3n) is 3.13. The number of nitro benzene ring substituents is 1. The van der Waals surface area contributed by atoms with E-state index in [-0.39, 0.29) is 0 Å². The molecule has 100 valence electrons. The second kappa shape index (κ2) is 6.27. The lowest BCUT2D eigenvalue weighted by molar-refractivity contribution is -0.387. The molecular weight excluding hydrogens is 301 g/mol. The monoisotopic (exact) mass is 317 g/mol. The van der Waals surface area contributed by atoms with E-state index in [1.807, 2.05) is 0 Å². The molecule has 1 rings (SSSR count). The van der Waals surface area contributed by atoms with Crippen molar-refractivity contribution in [2.75, 3.05) is 0 Å². The molecule has 0 aliphatic rings. The quantitative estimate of drug-likeness (QED) is 0.461. The largest absolute Gasteiger partial charge is 0.304 e. The van der Waals surface area contributed by atoms with Crippen LogP contribution in [0.4, 0.5) is 10.1 Å². The van der Waals surface area contributed by atoms with E-state index in [4.69, 9.17) is 0 Å². The summed E-state index contributed by atoms with van der Waals surface area (Å²) >= 11 is 3.55. The molecule has 0 fully saturated rings. The van der Waals surface area contributed by atoms with E-state index >= 15 is 0 Å². The van der Waals surface area contributed by atoms with Crippen LogP contribution in [-0.4, -0.2) is 9.75 Å². The highest BCUT2D eigenvalue weighted by Gasteiger charge is 2.21. The average molecular weight is 318 g/mol. The van der Waals surface area contributed by atoms with E-state index < -0.39 is 16.4 Å². The highest BCUT2D eigenvalue weighted by molar-refractivity contribution is 9.09. The van der Waals surface area contributed by atoms with E-state index in [0.29, 0.717) is 23.1 Å². The van der Waals surface area contributed by atoms with Crippen LogP contribution >= 0.6 is 15.9 Å². The lowest BCUT2D eigenvalue weighted by atomic mass is 9.87. The van der Waals surface area contributed by atoms with Crippen LogP contribution in [0.3, 0.4) is 0 Å². The van der Waals surface area contributed by atoms with Crippen molar-refractivity contribution in [1.29, 1.82) is 0 Å². The van der Waals surface area contributed by atoms with Gasteiger partial charge in [0.25, 0.3) is 0 Å². The number of halogens is 2. The normalized spacial score (nSPS) is 14.6. The van der Waals surface area contributed by atoms with Crippen molar-refractivity contribution >= 4 is 21.6 Å². The predicted molar refractivity (Wildman–Crippen MR) is 73.5 cm³/mol. The van der Waals surface area contributed by atoms with E-state index in [0.717, 1.165) is 5.56 Å². The average Bonchev–Trinajstić information content (AvgIpc) is 2.24. The van der Waals surface area contributed by atoms with E-state index in [2.05, 4.69) is 36.7 Å². The van der Waals surface area contributed by atoms with E-state index in [9.17, 15) is 14.5 Å². The zero-order valence-corrected chi connectivity index (χ0v) is 12.3. The van der Waals surface area contributed by atoms with Gasteiger partial charge >= 0.3 is 5.69 Å². The van der Waals surface area contributed by atoms with Gasteiger partial charge in [-0.3, -0.25) is 10.1 Å². The van der Waals surface area contributed by atoms with Crippen molar-refractivity contribution in [3.63, 3.8) is 0 Å². The molecule has 0 aliphatic carbocycles. The zero-order chi connectivity index (χ0) is 13.9. The molecule has 2 unspecified atom stereocenters. The Morgan fingerprint density at radius 1 is 1.39 bits per heavy atom. The van der Waals surface area contributed by atoms with E-state index in [1.165, 1.54) is 12.1 Å². The van der Waals surface area contributed by atoms with Crippen LogP contribution in [0.25, 0.3) is 0 Å². The van der Waals surface area contributed by atoms with Crippen LogP contribution in [0.15, 0.2) is 18.2 Å². The summed E-state index contributed by atoms with van der Waals surface area (Å²) in [6, 6.07) is 4.13. The lowest BCUT2D eigenvalue weighted by Gasteiger charge is -2.23. The van der Waals surface area contributed by atoms with Crippen molar-refractivity contribution in [2.24, 2.45) is 11.8 Å². The van der Waals surface area contributed by atoms with Gasteiger partial charge in [-0.15, -0.1) is 0 Å². The minimum atomic E-state index is -0.762. The van der Waals surface area contributed by atoms with Gasteiger partial charge in [-0.2, -0.15) is 4.39 Å². The minimum absolute atomic E-state index is 0.316. The fourth-order valence-corrected chi connectivity index (χ4v) is 2.82. The van der Waals surface area contributed by atoms with Gasteiger partial charge in [0.2, 0.25) is 5.82 Å². The van der Waals surface area contributed by atoms with Gasteiger partial charge in [0.15, 0.2) is 0 Å². The van der Waals surface area contributed by atoms with Crippen molar-refractivity contribution in [3.8, 4) is 0 Å². The van der Waals surface area contributed by atoms with Gasteiger partial charge in [0.05, 0.1) is 4.92 Å². The Morgan fingerprint density at radius 3 is 2.39 bits per heavy atom. The molecule has 5 heteroatoms. The highest BCUT2D eigenvalue weighted by Crippen LogP contribution is 2.27. The summed E-state index contributed by atoms with van der Waals surface area (Å²) in [5.74, 6) is 0.0608. The molecule has 0 heterocycles. The fourth-order valence-electron chi connectivity index (χ4n) is 2.03. The number of hydrogen-bond acceptors (Lipinski definition) is 2. The Bertz CT molecular complexity index is 427.